The van der Waals surface area contributed by atoms with Crippen molar-refractivity contribution in [2.75, 3.05) is 0 Å². The predicted molar refractivity (Wildman–Crippen MR) is 275 cm³/mol. The average Bonchev–Trinajstić information content (AvgIpc) is 3.97. The van der Waals surface area contributed by atoms with Gasteiger partial charge in [-0.2, -0.15) is 0 Å². The van der Waals surface area contributed by atoms with Crippen LogP contribution in [0.5, 0.6) is 0 Å². The Morgan fingerprint density at radius 2 is 0.985 bits per heavy atom. The van der Waals surface area contributed by atoms with Gasteiger partial charge in [-0.25, -0.2) is 15.0 Å². The highest BCUT2D eigenvalue weighted by Crippen LogP contribution is 2.44. The van der Waals surface area contributed by atoms with Gasteiger partial charge >= 0.3 is 0 Å². The minimum atomic E-state index is 0.513. The molecule has 0 aliphatic heterocycles. The second-order valence-electron chi connectivity index (χ2n) is 16.9. The number of aromatic nitrogens is 6. The quantitative estimate of drug-likeness (QED) is 0.151. The monoisotopic (exact) mass is 870 g/mol. The second-order valence-corrected chi connectivity index (χ2v) is 16.9. The molecule has 13 aromatic rings. The van der Waals surface area contributed by atoms with Crippen LogP contribution in [0.1, 0.15) is 0 Å². The van der Waals surface area contributed by atoms with Crippen LogP contribution in [0.4, 0.5) is 0 Å². The van der Waals surface area contributed by atoms with Crippen LogP contribution in [0.2, 0.25) is 0 Å². The Bertz CT molecular complexity index is 3940. The zero-order chi connectivity index (χ0) is 45.0. The summed E-state index contributed by atoms with van der Waals surface area (Å²) in [7, 11) is 0. The van der Waals surface area contributed by atoms with Gasteiger partial charge in [-0.3, -0.25) is 9.97 Å². The van der Waals surface area contributed by atoms with Gasteiger partial charge in [-0.1, -0.05) is 152 Å². The molecule has 8 aromatic carbocycles. The second kappa shape index (κ2) is 16.3. The zero-order valence-electron chi connectivity index (χ0n) is 36.5. The topological polar surface area (TPSA) is 82.5 Å². The van der Waals surface area contributed by atoms with Crippen molar-refractivity contribution in [3.8, 4) is 84.5 Å². The highest BCUT2D eigenvalue weighted by molar-refractivity contribution is 6.25. The van der Waals surface area contributed by atoms with E-state index in [1.165, 1.54) is 0 Å². The molecule has 0 radical (unpaired) electrons. The lowest BCUT2D eigenvalue weighted by atomic mass is 9.90. The maximum absolute atomic E-state index is 6.68. The molecule has 0 fully saturated rings. The molecule has 0 amide bonds. The molecular weight excluding hydrogens is 833 g/mol. The zero-order valence-corrected chi connectivity index (χ0v) is 36.5. The van der Waals surface area contributed by atoms with Gasteiger partial charge in [0.2, 0.25) is 0 Å². The van der Waals surface area contributed by atoms with E-state index in [0.717, 1.165) is 111 Å². The first-order chi connectivity index (χ1) is 33.7. The molecule has 0 aliphatic carbocycles. The average molecular weight is 871 g/mol. The lowest BCUT2D eigenvalue weighted by Gasteiger charge is -2.16. The van der Waals surface area contributed by atoms with Crippen LogP contribution in [0.15, 0.2) is 235 Å². The van der Waals surface area contributed by atoms with E-state index < -0.39 is 0 Å². The van der Waals surface area contributed by atoms with Crippen molar-refractivity contribution in [2.45, 2.75) is 0 Å². The number of furan rings is 1. The van der Waals surface area contributed by atoms with Crippen LogP contribution in [0.3, 0.4) is 0 Å². The van der Waals surface area contributed by atoms with Crippen molar-refractivity contribution in [3.63, 3.8) is 0 Å². The number of benzene rings is 8. The number of fused-ring (bicyclic) bond motifs is 7. The molecule has 5 heterocycles. The summed E-state index contributed by atoms with van der Waals surface area (Å²) in [5.41, 5.74) is 15.3. The van der Waals surface area contributed by atoms with E-state index in [1.807, 2.05) is 91.4 Å². The molecule has 0 unspecified atom stereocenters. The summed E-state index contributed by atoms with van der Waals surface area (Å²) in [6, 6.07) is 73.3. The number of rotatable bonds is 8. The van der Waals surface area contributed by atoms with Crippen LogP contribution in [-0.2, 0) is 0 Å². The van der Waals surface area contributed by atoms with E-state index in [1.54, 1.807) is 0 Å². The minimum absolute atomic E-state index is 0.513. The molecule has 0 bridgehead atoms. The fourth-order valence-corrected chi connectivity index (χ4v) is 9.62. The number of hydrogen-bond donors (Lipinski definition) is 0. The third kappa shape index (κ3) is 6.72. The summed E-state index contributed by atoms with van der Waals surface area (Å²) in [6.45, 7) is 0. The number of nitrogens with zero attached hydrogens (tertiary/aromatic N) is 6. The molecule has 0 spiro atoms. The molecular formula is C61H38N6O. The molecule has 7 nitrogen and oxygen atoms in total. The molecule has 0 atom stereocenters. The lowest BCUT2D eigenvalue weighted by Crippen LogP contribution is -2.02. The van der Waals surface area contributed by atoms with Crippen molar-refractivity contribution < 1.29 is 4.42 Å². The Labute approximate surface area is 391 Å². The van der Waals surface area contributed by atoms with Crippen LogP contribution < -0.4 is 0 Å². The van der Waals surface area contributed by atoms with E-state index in [9.17, 15) is 0 Å². The standard InChI is InChI=1S/C61H38N6O/c1-5-16-39(17-6-1)43-27-29-47(40-18-7-2-8-19-40)50(34-43)45-36-52(61-65-59(41-20-9-3-10-21-41)64-60(66-61)42-22-11-4-12-23-42)57(63-37-45)44-28-31-54-51(35-44)56-55(68-54)32-30-49-48-25-13-14-26-53(48)67(58(49)56)46-24-15-33-62-38-46/h1-38H. The summed E-state index contributed by atoms with van der Waals surface area (Å²) in [4.78, 5) is 25.6. The van der Waals surface area contributed by atoms with Crippen molar-refractivity contribution in [1.82, 2.24) is 29.5 Å². The van der Waals surface area contributed by atoms with E-state index >= 15 is 0 Å². The number of para-hydroxylation sites is 1. The van der Waals surface area contributed by atoms with Crippen molar-refractivity contribution in [1.29, 1.82) is 0 Å². The van der Waals surface area contributed by atoms with E-state index in [2.05, 4.69) is 149 Å². The summed E-state index contributed by atoms with van der Waals surface area (Å²) in [5, 5.41) is 4.27. The molecule has 0 saturated heterocycles. The van der Waals surface area contributed by atoms with Gasteiger partial charge in [0, 0.05) is 56.4 Å². The van der Waals surface area contributed by atoms with Gasteiger partial charge in [0.15, 0.2) is 17.5 Å². The smallest absolute Gasteiger partial charge is 0.166 e. The summed E-state index contributed by atoms with van der Waals surface area (Å²) < 4.78 is 8.98. The summed E-state index contributed by atoms with van der Waals surface area (Å²) >= 11 is 0. The first-order valence-corrected chi connectivity index (χ1v) is 22.6. The normalized spacial score (nSPS) is 11.5. The first kappa shape index (κ1) is 39.1. The Morgan fingerprint density at radius 3 is 1.69 bits per heavy atom. The Hall–Kier alpha value is -9.33. The van der Waals surface area contributed by atoms with Crippen LogP contribution in [-0.4, -0.2) is 29.5 Å². The highest BCUT2D eigenvalue weighted by atomic mass is 16.3. The Kier molecular flexibility index (Phi) is 9.35. The van der Waals surface area contributed by atoms with Gasteiger partial charge in [0.05, 0.1) is 34.0 Å². The van der Waals surface area contributed by atoms with Crippen LogP contribution in [0.25, 0.3) is 128 Å². The molecule has 68 heavy (non-hydrogen) atoms. The fraction of sp³-hybridized carbons (Fsp3) is 0. The van der Waals surface area contributed by atoms with E-state index in [-0.39, 0.29) is 0 Å². The van der Waals surface area contributed by atoms with Gasteiger partial charge in [0.25, 0.3) is 0 Å². The highest BCUT2D eigenvalue weighted by Gasteiger charge is 2.23. The Balaban J connectivity index is 1.09. The molecule has 13 rings (SSSR count). The van der Waals surface area contributed by atoms with E-state index in [4.69, 9.17) is 24.4 Å². The van der Waals surface area contributed by atoms with Gasteiger partial charge < -0.3 is 8.98 Å². The molecule has 0 aliphatic rings. The van der Waals surface area contributed by atoms with Crippen molar-refractivity contribution in [2.24, 2.45) is 0 Å². The molecule has 7 heteroatoms. The largest absolute Gasteiger partial charge is 0.456 e. The molecule has 0 saturated carbocycles. The van der Waals surface area contributed by atoms with Crippen molar-refractivity contribution in [3.05, 3.63) is 231 Å². The number of hydrogen-bond acceptors (Lipinski definition) is 6. The first-order valence-electron chi connectivity index (χ1n) is 22.6. The maximum atomic E-state index is 6.68. The van der Waals surface area contributed by atoms with Crippen LogP contribution >= 0.6 is 0 Å². The van der Waals surface area contributed by atoms with Crippen molar-refractivity contribution >= 4 is 43.7 Å². The van der Waals surface area contributed by atoms with Gasteiger partial charge in [0.1, 0.15) is 11.2 Å². The van der Waals surface area contributed by atoms with Gasteiger partial charge in [-0.15, -0.1) is 0 Å². The summed E-state index contributed by atoms with van der Waals surface area (Å²) in [6.07, 6.45) is 5.71. The van der Waals surface area contributed by atoms with E-state index in [0.29, 0.717) is 17.5 Å². The van der Waals surface area contributed by atoms with Gasteiger partial charge in [-0.05, 0) is 88.5 Å². The summed E-state index contributed by atoms with van der Waals surface area (Å²) in [5.74, 6) is 1.66. The fourth-order valence-electron chi connectivity index (χ4n) is 9.62. The molecule has 318 valence electrons. The lowest BCUT2D eigenvalue weighted by molar-refractivity contribution is 0.669. The third-order valence-electron chi connectivity index (χ3n) is 12.8. The van der Waals surface area contributed by atoms with Crippen LogP contribution in [0, 0.1) is 0 Å². The molecule has 0 N–H and O–H groups in total. The predicted octanol–water partition coefficient (Wildman–Crippen LogP) is 15.3. The maximum Gasteiger partial charge on any atom is 0.166 e. The SMILES string of the molecule is c1ccc(-c2ccc(-c3ccccc3)c(-c3cnc(-c4ccc5oc6ccc7c8ccccc8n(-c8cccnc8)c7c6c5c4)c(-c4nc(-c5ccccc5)nc(-c5ccccc5)n4)c3)c2)cc1. The molecule has 5 aromatic heterocycles. The third-order valence-corrected chi connectivity index (χ3v) is 12.8. The minimum Gasteiger partial charge on any atom is -0.456 e. The number of pyridine rings is 2. The Morgan fingerprint density at radius 1 is 0.368 bits per heavy atom.